The lowest BCUT2D eigenvalue weighted by Crippen LogP contribution is -2.45. The van der Waals surface area contributed by atoms with Crippen LogP contribution in [0.5, 0.6) is 0 Å². The van der Waals surface area contributed by atoms with Crippen molar-refractivity contribution in [2.75, 3.05) is 11.3 Å². The number of sulfonamides is 1. The van der Waals surface area contributed by atoms with Crippen LogP contribution in [-0.4, -0.2) is 26.4 Å². The molecule has 0 saturated heterocycles. The smallest absolute Gasteiger partial charge is 0.262 e. The lowest BCUT2D eigenvalue weighted by molar-refractivity contribution is 0.0946. The maximum absolute atomic E-state index is 13.2. The first-order valence-electron chi connectivity index (χ1n) is 7.94. The van der Waals surface area contributed by atoms with Gasteiger partial charge < -0.3 is 11.1 Å². The van der Waals surface area contributed by atoms with E-state index in [1.54, 1.807) is 13.8 Å². The second kappa shape index (κ2) is 8.69. The van der Waals surface area contributed by atoms with Crippen LogP contribution < -0.4 is 15.8 Å². The van der Waals surface area contributed by atoms with E-state index in [1.807, 2.05) is 0 Å². The molecular weight excluding hydrogens is 393 g/mol. The van der Waals surface area contributed by atoms with Crippen molar-refractivity contribution in [3.05, 3.63) is 59.4 Å². The van der Waals surface area contributed by atoms with E-state index >= 15 is 0 Å². The van der Waals surface area contributed by atoms with Crippen LogP contribution in [-0.2, 0) is 10.0 Å². The molecule has 0 aliphatic rings. The summed E-state index contributed by atoms with van der Waals surface area (Å²) in [6, 6.07) is 9.44. The topological polar surface area (TPSA) is 101 Å². The quantitative estimate of drug-likeness (QED) is 0.675. The minimum absolute atomic E-state index is 0. The Hall–Kier alpha value is -2.16. The van der Waals surface area contributed by atoms with Crippen molar-refractivity contribution in [2.24, 2.45) is 5.73 Å². The summed E-state index contributed by atoms with van der Waals surface area (Å²) < 4.78 is 40.5. The number of hydrogen-bond acceptors (Lipinski definition) is 4. The minimum Gasteiger partial charge on any atom is -0.350 e. The second-order valence-corrected chi connectivity index (χ2v) is 8.41. The lowest BCUT2D eigenvalue weighted by atomic mass is 10.1. The first-order valence-corrected chi connectivity index (χ1v) is 9.42. The number of carbonyl (C=O) groups is 1. The number of benzene rings is 2. The zero-order chi connectivity index (χ0) is 19.5. The second-order valence-electron chi connectivity index (χ2n) is 6.76. The van der Waals surface area contributed by atoms with Crippen LogP contribution in [0.4, 0.5) is 10.1 Å². The van der Waals surface area contributed by atoms with E-state index in [1.165, 1.54) is 37.3 Å². The fraction of sp³-hybridized carbons (Fsp3) is 0.278. The molecule has 1 amide bonds. The van der Waals surface area contributed by atoms with Gasteiger partial charge in [0.2, 0.25) is 0 Å². The molecule has 0 fully saturated rings. The number of nitrogens with one attached hydrogen (secondary N) is 2. The van der Waals surface area contributed by atoms with E-state index < -0.39 is 21.4 Å². The molecular formula is C18H23ClFN3O3S. The molecule has 0 unspecified atom stereocenters. The molecule has 0 heterocycles. The van der Waals surface area contributed by atoms with E-state index in [-0.39, 0.29) is 23.2 Å². The van der Waals surface area contributed by atoms with Crippen LogP contribution in [0, 0.1) is 12.7 Å². The van der Waals surface area contributed by atoms with E-state index in [0.717, 1.165) is 12.1 Å². The van der Waals surface area contributed by atoms with Gasteiger partial charge in [-0.2, -0.15) is 0 Å². The van der Waals surface area contributed by atoms with Gasteiger partial charge >= 0.3 is 0 Å². The molecule has 0 radical (unpaired) electrons. The third kappa shape index (κ3) is 6.50. The Kier molecular flexibility index (Phi) is 7.36. The van der Waals surface area contributed by atoms with Crippen molar-refractivity contribution in [1.29, 1.82) is 0 Å². The fourth-order valence-corrected chi connectivity index (χ4v) is 3.51. The highest BCUT2D eigenvalue weighted by Crippen LogP contribution is 2.20. The van der Waals surface area contributed by atoms with Gasteiger partial charge in [-0.15, -0.1) is 12.4 Å². The summed E-state index contributed by atoms with van der Waals surface area (Å²) in [6.07, 6.45) is 0. The maximum Gasteiger partial charge on any atom is 0.262 e. The fourth-order valence-electron chi connectivity index (χ4n) is 2.22. The number of rotatable bonds is 6. The first kappa shape index (κ1) is 22.9. The largest absolute Gasteiger partial charge is 0.350 e. The molecule has 0 saturated carbocycles. The molecule has 0 atom stereocenters. The molecule has 2 rings (SSSR count). The molecule has 0 aliphatic heterocycles. The molecule has 27 heavy (non-hydrogen) atoms. The lowest BCUT2D eigenvalue weighted by Gasteiger charge is -2.19. The van der Waals surface area contributed by atoms with Crippen LogP contribution in [0.25, 0.3) is 0 Å². The van der Waals surface area contributed by atoms with E-state index in [9.17, 15) is 17.6 Å². The molecule has 0 spiro atoms. The van der Waals surface area contributed by atoms with Crippen molar-refractivity contribution in [3.63, 3.8) is 0 Å². The summed E-state index contributed by atoms with van der Waals surface area (Å²) in [4.78, 5) is 12.0. The average molecular weight is 416 g/mol. The van der Waals surface area contributed by atoms with Crippen LogP contribution in [0.3, 0.4) is 0 Å². The van der Waals surface area contributed by atoms with Gasteiger partial charge in [0.15, 0.2) is 0 Å². The molecule has 6 nitrogen and oxygen atoms in total. The van der Waals surface area contributed by atoms with Crippen molar-refractivity contribution < 1.29 is 17.6 Å². The average Bonchev–Trinajstić information content (AvgIpc) is 2.52. The van der Waals surface area contributed by atoms with Gasteiger partial charge in [0.05, 0.1) is 4.90 Å². The number of halogens is 2. The summed E-state index contributed by atoms with van der Waals surface area (Å²) >= 11 is 0. The SMILES string of the molecule is Cc1cc(F)ccc1S(=O)(=O)Nc1ccc(C(=O)NCC(C)(C)N)cc1.Cl. The van der Waals surface area contributed by atoms with Crippen molar-refractivity contribution in [1.82, 2.24) is 5.32 Å². The Morgan fingerprint density at radius 1 is 1.15 bits per heavy atom. The molecule has 0 bridgehead atoms. The highest BCUT2D eigenvalue weighted by molar-refractivity contribution is 7.92. The van der Waals surface area contributed by atoms with Crippen molar-refractivity contribution >= 4 is 34.0 Å². The van der Waals surface area contributed by atoms with E-state index in [0.29, 0.717) is 23.4 Å². The minimum atomic E-state index is -3.86. The third-order valence-corrected chi connectivity index (χ3v) is 5.07. The molecule has 0 aromatic heterocycles. The van der Waals surface area contributed by atoms with E-state index in [4.69, 9.17) is 5.73 Å². The number of nitrogens with two attached hydrogens (primary N) is 1. The number of amides is 1. The van der Waals surface area contributed by atoms with Gasteiger partial charge in [-0.25, -0.2) is 12.8 Å². The Morgan fingerprint density at radius 3 is 2.26 bits per heavy atom. The predicted molar refractivity (Wildman–Crippen MR) is 106 cm³/mol. The Morgan fingerprint density at radius 2 is 1.74 bits per heavy atom. The van der Waals surface area contributed by atoms with Crippen molar-refractivity contribution in [2.45, 2.75) is 31.2 Å². The van der Waals surface area contributed by atoms with Crippen LogP contribution >= 0.6 is 12.4 Å². The van der Waals surface area contributed by atoms with Crippen LogP contribution in [0.1, 0.15) is 29.8 Å². The monoisotopic (exact) mass is 415 g/mol. The summed E-state index contributed by atoms with van der Waals surface area (Å²) in [7, 11) is -3.86. The van der Waals surface area contributed by atoms with Crippen LogP contribution in [0.2, 0.25) is 0 Å². The Balaban J connectivity index is 0.00000364. The molecule has 4 N–H and O–H groups in total. The molecule has 0 aliphatic carbocycles. The van der Waals surface area contributed by atoms with Gasteiger partial charge in [0, 0.05) is 23.3 Å². The number of aryl methyl sites for hydroxylation is 1. The number of anilines is 1. The summed E-state index contributed by atoms with van der Waals surface area (Å²) in [5.41, 5.74) is 6.27. The zero-order valence-corrected chi connectivity index (χ0v) is 16.9. The Bertz CT molecular complexity index is 910. The third-order valence-electron chi connectivity index (χ3n) is 3.53. The highest BCUT2D eigenvalue weighted by Gasteiger charge is 2.18. The Labute approximate surface area is 164 Å². The van der Waals surface area contributed by atoms with Gasteiger partial charge in [-0.3, -0.25) is 9.52 Å². The van der Waals surface area contributed by atoms with Gasteiger partial charge in [0.1, 0.15) is 5.82 Å². The first-order chi connectivity index (χ1) is 12.0. The maximum atomic E-state index is 13.2. The molecule has 9 heteroatoms. The van der Waals surface area contributed by atoms with Crippen molar-refractivity contribution in [3.8, 4) is 0 Å². The molecule has 2 aromatic rings. The summed E-state index contributed by atoms with van der Waals surface area (Å²) in [5.74, 6) is -0.801. The summed E-state index contributed by atoms with van der Waals surface area (Å²) in [6.45, 7) is 5.42. The molecule has 2 aromatic carbocycles. The van der Waals surface area contributed by atoms with Gasteiger partial charge in [-0.1, -0.05) is 0 Å². The standard InChI is InChI=1S/C18H22FN3O3S.ClH/c1-12-10-14(19)6-9-16(12)26(24,25)22-15-7-4-13(5-8-15)17(23)21-11-18(2,3)20;/h4-10,22H,11,20H2,1-3H3,(H,21,23);1H. The van der Waals surface area contributed by atoms with Gasteiger partial charge in [-0.05, 0) is 68.8 Å². The van der Waals surface area contributed by atoms with Crippen LogP contribution in [0.15, 0.2) is 47.4 Å². The zero-order valence-electron chi connectivity index (χ0n) is 15.2. The van der Waals surface area contributed by atoms with Gasteiger partial charge in [0.25, 0.3) is 15.9 Å². The summed E-state index contributed by atoms with van der Waals surface area (Å²) in [5, 5.41) is 2.71. The van der Waals surface area contributed by atoms with E-state index in [2.05, 4.69) is 10.0 Å². The predicted octanol–water partition coefficient (Wildman–Crippen LogP) is 2.82. The number of hydrogen-bond donors (Lipinski definition) is 3. The normalized spacial score (nSPS) is 11.4. The number of carbonyl (C=O) groups excluding carboxylic acids is 1. The highest BCUT2D eigenvalue weighted by atomic mass is 35.5. The molecule has 148 valence electrons.